The summed E-state index contributed by atoms with van der Waals surface area (Å²) < 4.78 is 10.2. The smallest absolute Gasteiger partial charge is 0.336 e. The van der Waals surface area contributed by atoms with Gasteiger partial charge in [0.25, 0.3) is 0 Å². The first-order chi connectivity index (χ1) is 11.2. The standard InChI is InChI=1S/C17H20N2O3S/c1-12-3-5-13(6-4-12)16-18-9-14(23-16)10-19-7-8-22-15(11-19)17(20)21-2/h3-6,9,15H,7-8,10-11H2,1-2H3/t15-/m1/s1. The molecule has 0 amide bonds. The number of esters is 1. The Balaban J connectivity index is 1.64. The maximum atomic E-state index is 11.6. The van der Waals surface area contributed by atoms with Gasteiger partial charge in [-0.1, -0.05) is 29.8 Å². The van der Waals surface area contributed by atoms with Gasteiger partial charge < -0.3 is 9.47 Å². The molecule has 5 nitrogen and oxygen atoms in total. The molecule has 0 radical (unpaired) electrons. The topological polar surface area (TPSA) is 51.7 Å². The first kappa shape index (κ1) is 16.1. The van der Waals surface area contributed by atoms with E-state index in [0.29, 0.717) is 13.2 Å². The van der Waals surface area contributed by atoms with Crippen LogP contribution >= 0.6 is 11.3 Å². The Hall–Kier alpha value is -1.76. The number of carbonyl (C=O) groups is 1. The van der Waals surface area contributed by atoms with Crippen LogP contribution in [0.3, 0.4) is 0 Å². The molecule has 1 fully saturated rings. The van der Waals surface area contributed by atoms with Crippen molar-refractivity contribution in [1.82, 2.24) is 9.88 Å². The molecule has 0 unspecified atom stereocenters. The zero-order valence-corrected chi connectivity index (χ0v) is 14.1. The highest BCUT2D eigenvalue weighted by molar-refractivity contribution is 7.15. The largest absolute Gasteiger partial charge is 0.467 e. The molecule has 2 aromatic rings. The summed E-state index contributed by atoms with van der Waals surface area (Å²) in [7, 11) is 1.39. The zero-order valence-electron chi connectivity index (χ0n) is 13.3. The number of aryl methyl sites for hydroxylation is 1. The normalized spacial score (nSPS) is 18.8. The Morgan fingerprint density at radius 3 is 2.96 bits per heavy atom. The van der Waals surface area contributed by atoms with Crippen molar-refractivity contribution >= 4 is 17.3 Å². The molecule has 1 aliphatic heterocycles. The van der Waals surface area contributed by atoms with E-state index in [1.807, 2.05) is 6.20 Å². The van der Waals surface area contributed by atoms with Gasteiger partial charge in [-0.3, -0.25) is 4.90 Å². The number of morpholine rings is 1. The molecule has 0 spiro atoms. The number of methoxy groups -OCH3 is 1. The van der Waals surface area contributed by atoms with Crippen LogP contribution in [-0.4, -0.2) is 48.8 Å². The van der Waals surface area contributed by atoms with Crippen molar-refractivity contribution in [3.63, 3.8) is 0 Å². The van der Waals surface area contributed by atoms with Crippen molar-refractivity contribution in [1.29, 1.82) is 0 Å². The average molecular weight is 332 g/mol. The Bertz CT molecular complexity index is 669. The van der Waals surface area contributed by atoms with Gasteiger partial charge in [0.05, 0.1) is 13.7 Å². The third-order valence-electron chi connectivity index (χ3n) is 3.85. The van der Waals surface area contributed by atoms with E-state index in [1.165, 1.54) is 17.6 Å². The first-order valence-corrected chi connectivity index (χ1v) is 8.41. The van der Waals surface area contributed by atoms with E-state index >= 15 is 0 Å². The minimum Gasteiger partial charge on any atom is -0.467 e. The highest BCUT2D eigenvalue weighted by Gasteiger charge is 2.27. The number of carbonyl (C=O) groups excluding carboxylic acids is 1. The van der Waals surface area contributed by atoms with E-state index in [-0.39, 0.29) is 5.97 Å². The van der Waals surface area contributed by atoms with E-state index < -0.39 is 6.10 Å². The van der Waals surface area contributed by atoms with Gasteiger partial charge >= 0.3 is 5.97 Å². The van der Waals surface area contributed by atoms with Gasteiger partial charge in [-0.05, 0) is 6.92 Å². The summed E-state index contributed by atoms with van der Waals surface area (Å²) in [5.74, 6) is -0.306. The summed E-state index contributed by atoms with van der Waals surface area (Å²) in [6, 6.07) is 8.39. The lowest BCUT2D eigenvalue weighted by Gasteiger charge is -2.30. The maximum Gasteiger partial charge on any atom is 0.336 e. The number of benzene rings is 1. The van der Waals surface area contributed by atoms with Crippen LogP contribution in [0.15, 0.2) is 30.5 Å². The van der Waals surface area contributed by atoms with Crippen molar-refractivity contribution in [3.05, 3.63) is 40.9 Å². The maximum absolute atomic E-state index is 11.6. The van der Waals surface area contributed by atoms with Crippen LogP contribution < -0.4 is 0 Å². The monoisotopic (exact) mass is 332 g/mol. The predicted molar refractivity (Wildman–Crippen MR) is 89.3 cm³/mol. The molecule has 2 heterocycles. The number of nitrogens with zero attached hydrogens (tertiary/aromatic N) is 2. The summed E-state index contributed by atoms with van der Waals surface area (Å²) >= 11 is 1.69. The lowest BCUT2D eigenvalue weighted by atomic mass is 10.2. The fourth-order valence-electron chi connectivity index (χ4n) is 2.55. The summed E-state index contributed by atoms with van der Waals surface area (Å²) in [6.07, 6.45) is 1.43. The average Bonchev–Trinajstić information content (AvgIpc) is 3.03. The van der Waals surface area contributed by atoms with Crippen molar-refractivity contribution in [2.75, 3.05) is 26.8 Å². The molecule has 1 atom stereocenters. The predicted octanol–water partition coefficient (Wildman–Crippen LogP) is 2.49. The van der Waals surface area contributed by atoms with Crippen LogP contribution in [0.5, 0.6) is 0 Å². The second kappa shape index (κ2) is 7.21. The van der Waals surface area contributed by atoms with Crippen LogP contribution in [0.2, 0.25) is 0 Å². The molecule has 1 aliphatic rings. The molecule has 0 N–H and O–H groups in total. The van der Waals surface area contributed by atoms with Crippen molar-refractivity contribution < 1.29 is 14.3 Å². The number of hydrogen-bond acceptors (Lipinski definition) is 6. The van der Waals surface area contributed by atoms with Crippen LogP contribution in [0.4, 0.5) is 0 Å². The summed E-state index contributed by atoms with van der Waals surface area (Å²) in [4.78, 5) is 19.5. The molecular formula is C17H20N2O3S. The number of ether oxygens (including phenoxy) is 2. The van der Waals surface area contributed by atoms with Crippen LogP contribution in [0, 0.1) is 6.92 Å². The summed E-state index contributed by atoms with van der Waals surface area (Å²) in [6.45, 7) is 4.77. The molecule has 0 bridgehead atoms. The minimum atomic E-state index is -0.488. The second-order valence-corrected chi connectivity index (χ2v) is 6.73. The van der Waals surface area contributed by atoms with E-state index in [9.17, 15) is 4.79 Å². The second-order valence-electron chi connectivity index (χ2n) is 5.62. The third kappa shape index (κ3) is 3.96. The fraction of sp³-hybridized carbons (Fsp3) is 0.412. The van der Waals surface area contributed by atoms with Crippen LogP contribution in [0.1, 0.15) is 10.4 Å². The van der Waals surface area contributed by atoms with Crippen LogP contribution in [-0.2, 0) is 20.8 Å². The first-order valence-electron chi connectivity index (χ1n) is 7.59. The van der Waals surface area contributed by atoms with E-state index in [4.69, 9.17) is 9.47 Å². The molecular weight excluding hydrogens is 312 g/mol. The van der Waals surface area contributed by atoms with Crippen molar-refractivity contribution in [3.8, 4) is 10.6 Å². The Labute approximate surface area is 139 Å². The van der Waals surface area contributed by atoms with Crippen LogP contribution in [0.25, 0.3) is 10.6 Å². The van der Waals surface area contributed by atoms with Gasteiger partial charge in [0.2, 0.25) is 0 Å². The Kier molecular flexibility index (Phi) is 5.05. The van der Waals surface area contributed by atoms with Crippen molar-refractivity contribution in [2.45, 2.75) is 19.6 Å². The molecule has 3 rings (SSSR count). The fourth-order valence-corrected chi connectivity index (χ4v) is 3.51. The van der Waals surface area contributed by atoms with Gasteiger partial charge in [-0.2, -0.15) is 0 Å². The van der Waals surface area contributed by atoms with E-state index in [1.54, 1.807) is 11.3 Å². The Morgan fingerprint density at radius 2 is 2.22 bits per heavy atom. The molecule has 23 heavy (non-hydrogen) atoms. The molecule has 6 heteroatoms. The lowest BCUT2D eigenvalue weighted by Crippen LogP contribution is -2.45. The van der Waals surface area contributed by atoms with Crippen molar-refractivity contribution in [2.24, 2.45) is 0 Å². The zero-order chi connectivity index (χ0) is 16.2. The van der Waals surface area contributed by atoms with Gasteiger partial charge in [-0.25, -0.2) is 9.78 Å². The van der Waals surface area contributed by atoms with E-state index in [0.717, 1.165) is 23.7 Å². The number of thiazole rings is 1. The minimum absolute atomic E-state index is 0.306. The van der Waals surface area contributed by atoms with Gasteiger partial charge in [-0.15, -0.1) is 11.3 Å². The van der Waals surface area contributed by atoms with Gasteiger partial charge in [0, 0.05) is 36.3 Å². The number of rotatable bonds is 4. The number of hydrogen-bond donors (Lipinski definition) is 0. The van der Waals surface area contributed by atoms with Gasteiger partial charge in [0.1, 0.15) is 5.01 Å². The third-order valence-corrected chi connectivity index (χ3v) is 4.88. The molecule has 0 saturated carbocycles. The Morgan fingerprint density at radius 1 is 1.43 bits per heavy atom. The van der Waals surface area contributed by atoms with E-state index in [2.05, 4.69) is 41.1 Å². The molecule has 1 saturated heterocycles. The number of aromatic nitrogens is 1. The molecule has 0 aliphatic carbocycles. The van der Waals surface area contributed by atoms with Gasteiger partial charge in [0.15, 0.2) is 6.10 Å². The summed E-state index contributed by atoms with van der Waals surface area (Å²) in [5, 5.41) is 1.03. The summed E-state index contributed by atoms with van der Waals surface area (Å²) in [5.41, 5.74) is 2.38. The molecule has 122 valence electrons. The SMILES string of the molecule is COC(=O)[C@H]1CN(Cc2cnc(-c3ccc(C)cc3)s2)CCO1. The molecule has 1 aromatic heterocycles. The quantitative estimate of drug-likeness (QED) is 0.805. The lowest BCUT2D eigenvalue weighted by molar-refractivity contribution is -0.159. The highest BCUT2D eigenvalue weighted by atomic mass is 32.1. The highest BCUT2D eigenvalue weighted by Crippen LogP contribution is 2.26. The molecule has 1 aromatic carbocycles.